The van der Waals surface area contributed by atoms with Crippen LogP contribution in [0.4, 0.5) is 0 Å². The van der Waals surface area contributed by atoms with Crippen molar-refractivity contribution < 1.29 is 18.7 Å². The molecule has 1 aromatic heterocycles. The van der Waals surface area contributed by atoms with Gasteiger partial charge in [-0.15, -0.1) is 0 Å². The number of fused-ring (bicyclic) bond motifs is 6. The third-order valence-electron chi connectivity index (χ3n) is 13.9. The van der Waals surface area contributed by atoms with E-state index in [4.69, 9.17) is 13.9 Å². The van der Waals surface area contributed by atoms with E-state index in [9.17, 15) is 9.59 Å². The topological polar surface area (TPSA) is 65.7 Å². The van der Waals surface area contributed by atoms with Crippen LogP contribution in [0, 0.1) is 46.3 Å². The lowest BCUT2D eigenvalue weighted by Gasteiger charge is -2.61. The van der Waals surface area contributed by atoms with E-state index in [0.29, 0.717) is 16.7 Å². The van der Waals surface area contributed by atoms with Crippen LogP contribution < -0.4 is 10.4 Å². The molecule has 0 aliphatic heterocycles. The van der Waals surface area contributed by atoms with Crippen LogP contribution in [0.25, 0.3) is 22.1 Å². The number of ether oxygens (including phenoxy) is 2. The molecule has 0 unspecified atom stereocenters. The van der Waals surface area contributed by atoms with Crippen molar-refractivity contribution in [2.75, 3.05) is 6.61 Å². The Morgan fingerprint density at radius 1 is 0.940 bits per heavy atom. The molecule has 50 heavy (non-hydrogen) atoms. The fourth-order valence-corrected chi connectivity index (χ4v) is 11.1. The highest BCUT2D eigenvalue weighted by atomic mass is 16.6. The maximum Gasteiger partial charge on any atom is 0.344 e. The number of carbonyl (C=O) groups excluding carboxylic acids is 1. The van der Waals surface area contributed by atoms with E-state index in [1.54, 1.807) is 6.07 Å². The summed E-state index contributed by atoms with van der Waals surface area (Å²) in [6, 6.07) is 16.7. The number of benzene rings is 2. The van der Waals surface area contributed by atoms with Crippen molar-refractivity contribution in [3.63, 3.8) is 0 Å². The van der Waals surface area contributed by atoms with Gasteiger partial charge in [-0.2, -0.15) is 0 Å². The molecule has 5 nitrogen and oxygen atoms in total. The zero-order valence-electron chi connectivity index (χ0n) is 31.0. The van der Waals surface area contributed by atoms with Gasteiger partial charge in [-0.05, 0) is 121 Å². The first-order valence-corrected chi connectivity index (χ1v) is 19.7. The lowest BCUT2D eigenvalue weighted by molar-refractivity contribution is -0.154. The molecule has 0 spiro atoms. The Morgan fingerprint density at radius 2 is 1.76 bits per heavy atom. The monoisotopic (exact) mass is 678 g/mol. The smallest absolute Gasteiger partial charge is 0.344 e. The van der Waals surface area contributed by atoms with Gasteiger partial charge in [0.1, 0.15) is 17.4 Å². The Hall–Kier alpha value is -3.34. The van der Waals surface area contributed by atoms with E-state index < -0.39 is 5.63 Å². The van der Waals surface area contributed by atoms with Crippen LogP contribution in [0.15, 0.2) is 75.5 Å². The number of rotatable bonds is 10. The molecule has 268 valence electrons. The highest BCUT2D eigenvalue weighted by Crippen LogP contribution is 2.65. The summed E-state index contributed by atoms with van der Waals surface area (Å²) in [5.41, 5.74) is 3.99. The molecule has 0 saturated heterocycles. The number of carbonyl (C=O) groups is 1. The van der Waals surface area contributed by atoms with Gasteiger partial charge in [0.15, 0.2) is 6.61 Å². The minimum absolute atomic E-state index is 0.105. The Balaban J connectivity index is 0.945. The number of hydrogen-bond donors (Lipinski definition) is 0. The summed E-state index contributed by atoms with van der Waals surface area (Å²) in [4.78, 5) is 25.4. The first-order valence-electron chi connectivity index (χ1n) is 19.7. The lowest BCUT2D eigenvalue weighted by atomic mass is 9.44. The molecule has 0 amide bonds. The third kappa shape index (κ3) is 7.08. The van der Waals surface area contributed by atoms with Gasteiger partial charge in [-0.1, -0.05) is 95.9 Å². The molecule has 3 fully saturated rings. The predicted octanol–water partition coefficient (Wildman–Crippen LogP) is 11.2. The summed E-state index contributed by atoms with van der Waals surface area (Å²) in [6.07, 6.45) is 17.6. The highest BCUT2D eigenvalue weighted by molar-refractivity contribution is 5.93. The molecule has 0 N–H and O–H groups in total. The molecule has 0 radical (unpaired) electrons. The van der Waals surface area contributed by atoms with Crippen molar-refractivity contribution in [3.05, 3.63) is 76.7 Å². The van der Waals surface area contributed by atoms with Crippen LogP contribution >= 0.6 is 0 Å². The van der Waals surface area contributed by atoms with E-state index in [-0.39, 0.29) is 24.1 Å². The van der Waals surface area contributed by atoms with Crippen LogP contribution in [-0.4, -0.2) is 18.7 Å². The number of hydrogen-bond acceptors (Lipinski definition) is 5. The SMILES string of the molecule is CC(C)CCC[C@H](C)[C@@H]1CC[C@@H]2[C@@H]3CC=C4C[C@H](OC(=O)COc5ccc6c(-c7ccccc7)cc(=O)oc6c5)CC[C@]4(C)[C@H]3CC[C@]2(C)C1. The molecule has 7 rings (SSSR count). The first-order chi connectivity index (χ1) is 24.0. The Morgan fingerprint density at radius 3 is 2.56 bits per heavy atom. The molecule has 8 atom stereocenters. The zero-order valence-corrected chi connectivity index (χ0v) is 31.0. The van der Waals surface area contributed by atoms with Crippen molar-refractivity contribution in [2.24, 2.45) is 46.3 Å². The second-order valence-electron chi connectivity index (χ2n) is 17.4. The van der Waals surface area contributed by atoms with Gasteiger partial charge in [-0.25, -0.2) is 9.59 Å². The Labute approximate surface area is 299 Å². The molecule has 4 aliphatic rings. The first kappa shape index (κ1) is 35.1. The summed E-state index contributed by atoms with van der Waals surface area (Å²) in [5, 5.41) is 0.816. The average Bonchev–Trinajstić information content (AvgIpc) is 3.09. The summed E-state index contributed by atoms with van der Waals surface area (Å²) in [6.45, 7) is 12.3. The lowest BCUT2D eigenvalue weighted by Crippen LogP contribution is -2.52. The number of esters is 1. The average molecular weight is 679 g/mol. The molecular formula is C45H58O5. The van der Waals surface area contributed by atoms with Crippen LogP contribution in [0.2, 0.25) is 0 Å². The fourth-order valence-electron chi connectivity index (χ4n) is 11.1. The van der Waals surface area contributed by atoms with Gasteiger partial charge in [-0.3, -0.25) is 0 Å². The normalized spacial score (nSPS) is 31.2. The minimum Gasteiger partial charge on any atom is -0.482 e. The molecule has 4 aliphatic carbocycles. The number of allylic oxidation sites excluding steroid dienone is 1. The summed E-state index contributed by atoms with van der Waals surface area (Å²) in [5.74, 6) is 5.07. The van der Waals surface area contributed by atoms with Crippen LogP contribution in [-0.2, 0) is 9.53 Å². The molecule has 0 bridgehead atoms. The molecule has 2 aromatic carbocycles. The fraction of sp³-hybridized carbons (Fsp3) is 0.600. The molecule has 5 heteroatoms. The van der Waals surface area contributed by atoms with Gasteiger partial charge < -0.3 is 13.9 Å². The van der Waals surface area contributed by atoms with E-state index in [1.807, 2.05) is 42.5 Å². The second kappa shape index (κ2) is 14.4. The quantitative estimate of drug-likeness (QED) is 0.121. The van der Waals surface area contributed by atoms with Gasteiger partial charge >= 0.3 is 11.6 Å². The largest absolute Gasteiger partial charge is 0.482 e. The van der Waals surface area contributed by atoms with E-state index in [2.05, 4.69) is 40.7 Å². The van der Waals surface area contributed by atoms with Crippen molar-refractivity contribution in [3.8, 4) is 16.9 Å². The maximum atomic E-state index is 13.0. The van der Waals surface area contributed by atoms with Gasteiger partial charge in [0.25, 0.3) is 0 Å². The van der Waals surface area contributed by atoms with Crippen LogP contribution in [0.3, 0.4) is 0 Å². The van der Waals surface area contributed by atoms with Crippen molar-refractivity contribution >= 4 is 16.9 Å². The molecule has 3 saturated carbocycles. The minimum atomic E-state index is -0.423. The van der Waals surface area contributed by atoms with E-state index >= 15 is 0 Å². The summed E-state index contributed by atoms with van der Waals surface area (Å²) >= 11 is 0. The van der Waals surface area contributed by atoms with Gasteiger partial charge in [0.2, 0.25) is 0 Å². The summed E-state index contributed by atoms with van der Waals surface area (Å²) < 4.78 is 17.4. The zero-order chi connectivity index (χ0) is 35.0. The molecular weight excluding hydrogens is 620 g/mol. The van der Waals surface area contributed by atoms with E-state index in [1.165, 1.54) is 69.4 Å². The predicted molar refractivity (Wildman–Crippen MR) is 201 cm³/mol. The third-order valence-corrected chi connectivity index (χ3v) is 13.9. The van der Waals surface area contributed by atoms with Crippen LogP contribution in [0.5, 0.6) is 5.75 Å². The van der Waals surface area contributed by atoms with Gasteiger partial charge in [0.05, 0.1) is 0 Å². The highest BCUT2D eigenvalue weighted by Gasteiger charge is 2.56. The molecule has 1 heterocycles. The van der Waals surface area contributed by atoms with Crippen molar-refractivity contribution in [2.45, 2.75) is 118 Å². The van der Waals surface area contributed by atoms with E-state index in [0.717, 1.165) is 71.3 Å². The van der Waals surface area contributed by atoms with Crippen molar-refractivity contribution in [1.29, 1.82) is 0 Å². The second-order valence-corrected chi connectivity index (χ2v) is 17.4. The maximum absolute atomic E-state index is 13.0. The van der Waals surface area contributed by atoms with Gasteiger partial charge in [0, 0.05) is 23.9 Å². The Kier molecular flexibility index (Phi) is 10.1. The Bertz CT molecular complexity index is 1750. The molecule has 3 aromatic rings. The van der Waals surface area contributed by atoms with Crippen molar-refractivity contribution in [1.82, 2.24) is 0 Å². The standard InChI is InChI=1S/C45H58O5/c1-29(2)10-9-11-30(3)32-14-19-39-37-17-15-33-24-35(20-23-45(33,5)40(37)21-22-44(39,4)27-32)49-43(47)28-48-34-16-18-36-38(31-12-7-6-8-13-31)26-42(46)50-41(36)25-34/h6-8,12-13,15-16,18,25-26,29-30,32,35,37,39-40H,9-11,14,17,19-24,27-28H2,1-5H3/t30-,32+,35+,37-,39+,40-,44+,45-/m0/s1. The summed E-state index contributed by atoms with van der Waals surface area (Å²) in [7, 11) is 0. The van der Waals surface area contributed by atoms with Crippen LogP contribution in [0.1, 0.15) is 112 Å².